The topological polar surface area (TPSA) is 70.9 Å². The van der Waals surface area contributed by atoms with E-state index < -0.39 is 5.76 Å². The molecule has 5 nitrogen and oxygen atoms in total. The molecule has 0 fully saturated rings. The minimum absolute atomic E-state index is 0.438. The second kappa shape index (κ2) is 3.74. The predicted octanol–water partition coefficient (Wildman–Crippen LogP) is 2.29. The average Bonchev–Trinajstić information content (AvgIpc) is 2.92. The number of hydrogen-bond donors (Lipinski definition) is 2. The van der Waals surface area contributed by atoms with Crippen molar-refractivity contribution < 1.29 is 4.42 Å². The summed E-state index contributed by atoms with van der Waals surface area (Å²) in [6.07, 6.45) is 0. The normalized spacial score (nSPS) is 10.9. The molecule has 0 unspecified atom stereocenters. The van der Waals surface area contributed by atoms with E-state index >= 15 is 0 Å². The van der Waals surface area contributed by atoms with E-state index in [1.165, 1.54) is 0 Å². The van der Waals surface area contributed by atoms with Crippen LogP contribution in [0.5, 0.6) is 0 Å². The first-order chi connectivity index (χ1) is 8.26. The number of aromatic amines is 1. The molecule has 0 spiro atoms. The van der Waals surface area contributed by atoms with Crippen LogP contribution in [0.25, 0.3) is 21.7 Å². The standard InChI is InChI=1S/C11H9N3O2S/c1-12-9-5-17-10(14-9)6-2-3-8-7(4-6)13-11(15)16-8/h2-5,12H,1H3,(H,13,15). The molecule has 0 saturated heterocycles. The van der Waals surface area contributed by atoms with E-state index in [0.717, 1.165) is 16.4 Å². The molecule has 2 aromatic heterocycles. The Kier molecular flexibility index (Phi) is 2.22. The highest BCUT2D eigenvalue weighted by Crippen LogP contribution is 2.27. The fourth-order valence-electron chi connectivity index (χ4n) is 1.61. The van der Waals surface area contributed by atoms with Crippen LogP contribution in [0.3, 0.4) is 0 Å². The van der Waals surface area contributed by atoms with Crippen molar-refractivity contribution >= 4 is 28.3 Å². The van der Waals surface area contributed by atoms with Crippen molar-refractivity contribution in [2.24, 2.45) is 0 Å². The van der Waals surface area contributed by atoms with Crippen molar-refractivity contribution in [2.45, 2.75) is 0 Å². The highest BCUT2D eigenvalue weighted by molar-refractivity contribution is 7.13. The fourth-order valence-corrected chi connectivity index (χ4v) is 2.41. The maximum absolute atomic E-state index is 11.0. The van der Waals surface area contributed by atoms with E-state index in [0.29, 0.717) is 11.1 Å². The smallest absolute Gasteiger partial charge is 0.408 e. The van der Waals surface area contributed by atoms with E-state index in [4.69, 9.17) is 4.42 Å². The lowest BCUT2D eigenvalue weighted by atomic mass is 10.2. The molecule has 6 heteroatoms. The van der Waals surface area contributed by atoms with Gasteiger partial charge in [0.05, 0.1) is 5.52 Å². The van der Waals surface area contributed by atoms with Crippen LogP contribution in [0.4, 0.5) is 5.82 Å². The van der Waals surface area contributed by atoms with Gasteiger partial charge in [-0.25, -0.2) is 9.78 Å². The minimum atomic E-state index is -0.438. The summed E-state index contributed by atoms with van der Waals surface area (Å²) in [6, 6.07) is 5.51. The van der Waals surface area contributed by atoms with E-state index in [9.17, 15) is 4.79 Å². The molecule has 2 N–H and O–H groups in total. The van der Waals surface area contributed by atoms with Gasteiger partial charge in [-0.2, -0.15) is 0 Å². The van der Waals surface area contributed by atoms with Crippen LogP contribution < -0.4 is 11.1 Å². The molecule has 0 radical (unpaired) electrons. The highest BCUT2D eigenvalue weighted by atomic mass is 32.1. The molecule has 17 heavy (non-hydrogen) atoms. The largest absolute Gasteiger partial charge is 0.417 e. The van der Waals surface area contributed by atoms with Crippen molar-refractivity contribution in [2.75, 3.05) is 12.4 Å². The molecule has 0 aliphatic rings. The number of hydrogen-bond acceptors (Lipinski definition) is 5. The molecule has 0 atom stereocenters. The van der Waals surface area contributed by atoms with Crippen molar-refractivity contribution in [1.29, 1.82) is 0 Å². The number of nitrogens with one attached hydrogen (secondary N) is 2. The van der Waals surface area contributed by atoms with E-state index in [2.05, 4.69) is 15.3 Å². The molecule has 86 valence electrons. The first-order valence-electron chi connectivity index (χ1n) is 5.03. The molecule has 0 aliphatic heterocycles. The monoisotopic (exact) mass is 247 g/mol. The molecule has 3 aromatic rings. The van der Waals surface area contributed by atoms with E-state index in [-0.39, 0.29) is 0 Å². The van der Waals surface area contributed by atoms with Crippen LogP contribution in [0, 0.1) is 0 Å². The molecule has 2 heterocycles. The number of benzene rings is 1. The summed E-state index contributed by atoms with van der Waals surface area (Å²) >= 11 is 1.55. The lowest BCUT2D eigenvalue weighted by Crippen LogP contribution is -1.92. The fraction of sp³-hybridized carbons (Fsp3) is 0.0909. The molecular weight excluding hydrogens is 238 g/mol. The maximum atomic E-state index is 11.0. The number of nitrogens with zero attached hydrogens (tertiary/aromatic N) is 1. The Morgan fingerprint density at radius 1 is 1.47 bits per heavy atom. The van der Waals surface area contributed by atoms with Crippen LogP contribution >= 0.6 is 11.3 Å². The summed E-state index contributed by atoms with van der Waals surface area (Å²) < 4.78 is 4.94. The summed E-state index contributed by atoms with van der Waals surface area (Å²) in [4.78, 5) is 18.1. The van der Waals surface area contributed by atoms with Crippen molar-refractivity contribution in [3.8, 4) is 10.6 Å². The number of anilines is 1. The number of fused-ring (bicyclic) bond motifs is 1. The van der Waals surface area contributed by atoms with Crippen LogP contribution in [0.2, 0.25) is 0 Å². The van der Waals surface area contributed by atoms with Gasteiger partial charge in [0, 0.05) is 18.0 Å². The summed E-state index contributed by atoms with van der Waals surface area (Å²) in [5, 5.41) is 5.82. The van der Waals surface area contributed by atoms with Crippen molar-refractivity contribution in [3.05, 3.63) is 34.1 Å². The van der Waals surface area contributed by atoms with Crippen molar-refractivity contribution in [1.82, 2.24) is 9.97 Å². The average molecular weight is 247 g/mol. The van der Waals surface area contributed by atoms with Crippen LogP contribution in [0.1, 0.15) is 0 Å². The maximum Gasteiger partial charge on any atom is 0.417 e. The zero-order valence-electron chi connectivity index (χ0n) is 8.98. The second-order valence-electron chi connectivity index (χ2n) is 3.51. The third-order valence-electron chi connectivity index (χ3n) is 2.43. The van der Waals surface area contributed by atoms with Gasteiger partial charge in [0.2, 0.25) is 0 Å². The quantitative estimate of drug-likeness (QED) is 0.728. The van der Waals surface area contributed by atoms with Gasteiger partial charge >= 0.3 is 5.76 Å². The number of H-pyrrole nitrogens is 1. The third kappa shape index (κ3) is 1.72. The molecular formula is C11H9N3O2S. The first-order valence-corrected chi connectivity index (χ1v) is 5.91. The van der Waals surface area contributed by atoms with Gasteiger partial charge in [-0.3, -0.25) is 4.98 Å². The van der Waals surface area contributed by atoms with Gasteiger partial charge in [-0.05, 0) is 18.2 Å². The zero-order chi connectivity index (χ0) is 11.8. The van der Waals surface area contributed by atoms with Gasteiger partial charge in [-0.15, -0.1) is 11.3 Å². The van der Waals surface area contributed by atoms with Crippen molar-refractivity contribution in [3.63, 3.8) is 0 Å². The Hall–Kier alpha value is -2.08. The van der Waals surface area contributed by atoms with Gasteiger partial charge in [-0.1, -0.05) is 0 Å². The number of aromatic nitrogens is 2. The van der Waals surface area contributed by atoms with Gasteiger partial charge in [0.25, 0.3) is 0 Å². The van der Waals surface area contributed by atoms with Crippen LogP contribution in [-0.4, -0.2) is 17.0 Å². The zero-order valence-corrected chi connectivity index (χ0v) is 9.80. The second-order valence-corrected chi connectivity index (χ2v) is 4.37. The Labute approximate surface area is 100 Å². The Morgan fingerprint density at radius 2 is 2.35 bits per heavy atom. The van der Waals surface area contributed by atoms with Gasteiger partial charge < -0.3 is 9.73 Å². The molecule has 0 aliphatic carbocycles. The lowest BCUT2D eigenvalue weighted by Gasteiger charge is -1.95. The minimum Gasteiger partial charge on any atom is -0.408 e. The summed E-state index contributed by atoms with van der Waals surface area (Å²) in [5.41, 5.74) is 2.21. The number of thiazole rings is 1. The summed E-state index contributed by atoms with van der Waals surface area (Å²) in [5.74, 6) is 0.401. The summed E-state index contributed by atoms with van der Waals surface area (Å²) in [6.45, 7) is 0. The Balaban J connectivity index is 2.13. The molecule has 0 bridgehead atoms. The molecule has 3 rings (SSSR count). The SMILES string of the molecule is CNc1csc(-c2ccc3oc(=O)[nH]c3c2)n1. The Morgan fingerprint density at radius 3 is 3.12 bits per heavy atom. The summed E-state index contributed by atoms with van der Waals surface area (Å²) in [7, 11) is 1.83. The first kappa shape index (κ1) is 10.1. The highest BCUT2D eigenvalue weighted by Gasteiger charge is 2.07. The van der Waals surface area contributed by atoms with Crippen LogP contribution in [0.15, 0.2) is 32.8 Å². The number of rotatable bonds is 2. The lowest BCUT2D eigenvalue weighted by molar-refractivity contribution is 0.555. The van der Waals surface area contributed by atoms with Gasteiger partial charge in [0.15, 0.2) is 5.58 Å². The molecule has 0 saturated carbocycles. The van der Waals surface area contributed by atoms with E-state index in [1.54, 1.807) is 17.4 Å². The van der Waals surface area contributed by atoms with Gasteiger partial charge in [0.1, 0.15) is 10.8 Å². The third-order valence-corrected chi connectivity index (χ3v) is 3.32. The number of oxazole rings is 1. The molecule has 1 aromatic carbocycles. The van der Waals surface area contributed by atoms with Crippen LogP contribution in [-0.2, 0) is 0 Å². The molecule has 0 amide bonds. The Bertz CT molecular complexity index is 725. The predicted molar refractivity (Wildman–Crippen MR) is 67.5 cm³/mol. The van der Waals surface area contributed by atoms with E-state index in [1.807, 2.05) is 24.6 Å².